The minimum absolute atomic E-state index is 0.130. The first-order valence-corrected chi connectivity index (χ1v) is 5.77. The topological polar surface area (TPSA) is 66.4 Å². The quantitative estimate of drug-likeness (QED) is 0.862. The third-order valence-electron chi connectivity index (χ3n) is 3.11. The fourth-order valence-corrected chi connectivity index (χ4v) is 1.40. The number of hydrogen-bond donors (Lipinski definition) is 2. The highest BCUT2D eigenvalue weighted by molar-refractivity contribution is 5.94. The third-order valence-corrected chi connectivity index (χ3v) is 3.11. The predicted octanol–water partition coefficient (Wildman–Crippen LogP) is 2.20. The van der Waals surface area contributed by atoms with Crippen LogP contribution in [0.3, 0.4) is 0 Å². The fourth-order valence-electron chi connectivity index (χ4n) is 1.40. The van der Waals surface area contributed by atoms with Crippen LogP contribution in [0.1, 0.15) is 30.6 Å². The van der Waals surface area contributed by atoms with E-state index in [1.165, 1.54) is 6.92 Å². The summed E-state index contributed by atoms with van der Waals surface area (Å²) in [5.74, 6) is -3.57. The Labute approximate surface area is 109 Å². The molecule has 0 radical (unpaired) electrons. The summed E-state index contributed by atoms with van der Waals surface area (Å²) in [6.45, 7) is 3.03. The highest BCUT2D eigenvalue weighted by Crippen LogP contribution is 2.20. The molecule has 0 aliphatic heterocycles. The Kier molecular flexibility index (Phi) is 4.58. The predicted molar refractivity (Wildman–Crippen MR) is 64.7 cm³/mol. The summed E-state index contributed by atoms with van der Waals surface area (Å²) in [5, 5.41) is 11.4. The number of halogens is 2. The molecule has 1 rings (SSSR count). The second-order valence-electron chi connectivity index (χ2n) is 4.53. The number of nitrogens with one attached hydrogen (secondary N) is 1. The van der Waals surface area contributed by atoms with Crippen LogP contribution in [0.5, 0.6) is 0 Å². The molecule has 1 atom stereocenters. The molecule has 1 aromatic carbocycles. The lowest BCUT2D eigenvalue weighted by Crippen LogP contribution is -2.40. The number of carbonyl (C=O) groups is 2. The molecule has 6 heteroatoms. The second kappa shape index (κ2) is 5.77. The van der Waals surface area contributed by atoms with Crippen LogP contribution < -0.4 is 5.32 Å². The van der Waals surface area contributed by atoms with Crippen molar-refractivity contribution < 1.29 is 23.5 Å². The number of rotatable bonds is 5. The van der Waals surface area contributed by atoms with Crippen LogP contribution in [0.15, 0.2) is 18.2 Å². The third kappa shape index (κ3) is 3.49. The Hall–Kier alpha value is -1.98. The smallest absolute Gasteiger partial charge is 0.311 e. The van der Waals surface area contributed by atoms with Crippen molar-refractivity contribution in [2.24, 2.45) is 5.41 Å². The van der Waals surface area contributed by atoms with E-state index in [1.807, 2.05) is 0 Å². The lowest BCUT2D eigenvalue weighted by Gasteiger charge is -2.23. The van der Waals surface area contributed by atoms with Gasteiger partial charge in [-0.2, -0.15) is 0 Å². The summed E-state index contributed by atoms with van der Waals surface area (Å²) < 4.78 is 26.0. The summed E-state index contributed by atoms with van der Waals surface area (Å²) in [6.07, 6.45) is 0.314. The number of benzene rings is 1. The molecule has 2 N–H and O–H groups in total. The molecule has 0 saturated carbocycles. The van der Waals surface area contributed by atoms with E-state index >= 15 is 0 Å². The maximum atomic E-state index is 13.3. The Bertz CT molecular complexity index is 505. The Morgan fingerprint density at radius 3 is 2.47 bits per heavy atom. The molecule has 0 spiro atoms. The van der Waals surface area contributed by atoms with Gasteiger partial charge in [-0.05, 0) is 25.5 Å². The highest BCUT2D eigenvalue weighted by Gasteiger charge is 2.31. The molecule has 1 amide bonds. The van der Waals surface area contributed by atoms with E-state index in [0.717, 1.165) is 12.1 Å². The molecule has 0 aliphatic rings. The van der Waals surface area contributed by atoms with Crippen molar-refractivity contribution in [1.82, 2.24) is 5.32 Å². The van der Waals surface area contributed by atoms with Crippen molar-refractivity contribution >= 4 is 11.9 Å². The van der Waals surface area contributed by atoms with Gasteiger partial charge in [0.2, 0.25) is 0 Å². The van der Waals surface area contributed by atoms with Crippen molar-refractivity contribution in [2.45, 2.75) is 20.3 Å². The summed E-state index contributed by atoms with van der Waals surface area (Å²) in [6, 6.07) is 2.59. The molecular formula is C13H15F2NO3. The SMILES string of the molecule is CCC(C)(CNC(=O)c1ccc(F)cc1F)C(=O)O. The molecule has 0 saturated heterocycles. The summed E-state index contributed by atoms with van der Waals surface area (Å²) in [7, 11) is 0. The van der Waals surface area contributed by atoms with Crippen LogP contribution in [0.25, 0.3) is 0 Å². The molecule has 0 aromatic heterocycles. The number of hydrogen-bond acceptors (Lipinski definition) is 2. The van der Waals surface area contributed by atoms with E-state index in [2.05, 4.69) is 5.32 Å². The summed E-state index contributed by atoms with van der Waals surface area (Å²) in [5.41, 5.74) is -1.43. The zero-order valence-electron chi connectivity index (χ0n) is 10.7. The van der Waals surface area contributed by atoms with Crippen molar-refractivity contribution in [3.63, 3.8) is 0 Å². The van der Waals surface area contributed by atoms with Crippen LogP contribution in [0, 0.1) is 17.0 Å². The minimum Gasteiger partial charge on any atom is -0.481 e. The van der Waals surface area contributed by atoms with Gasteiger partial charge >= 0.3 is 5.97 Å². The van der Waals surface area contributed by atoms with Gasteiger partial charge in [-0.3, -0.25) is 9.59 Å². The van der Waals surface area contributed by atoms with Gasteiger partial charge in [0.25, 0.3) is 5.91 Å². The van der Waals surface area contributed by atoms with Crippen LogP contribution >= 0.6 is 0 Å². The molecule has 0 heterocycles. The monoisotopic (exact) mass is 271 g/mol. The van der Waals surface area contributed by atoms with E-state index in [1.54, 1.807) is 6.92 Å². The maximum Gasteiger partial charge on any atom is 0.311 e. The zero-order chi connectivity index (χ0) is 14.6. The van der Waals surface area contributed by atoms with Gasteiger partial charge in [-0.15, -0.1) is 0 Å². The van der Waals surface area contributed by atoms with Gasteiger partial charge in [0.15, 0.2) is 0 Å². The standard InChI is InChI=1S/C13H15F2NO3/c1-3-13(2,12(18)19)7-16-11(17)9-5-4-8(14)6-10(9)15/h4-6H,3,7H2,1-2H3,(H,16,17)(H,18,19). The van der Waals surface area contributed by atoms with Gasteiger partial charge in [0.1, 0.15) is 11.6 Å². The average Bonchev–Trinajstić information content (AvgIpc) is 2.35. The molecule has 1 unspecified atom stereocenters. The number of carboxylic acids is 1. The first kappa shape index (κ1) is 15.1. The van der Waals surface area contributed by atoms with Crippen LogP contribution in [-0.2, 0) is 4.79 Å². The van der Waals surface area contributed by atoms with E-state index in [4.69, 9.17) is 5.11 Å². The number of carboxylic acid groups (broad SMARTS) is 1. The Morgan fingerprint density at radius 2 is 2.00 bits per heavy atom. The van der Waals surface area contributed by atoms with Gasteiger partial charge in [0.05, 0.1) is 11.0 Å². The van der Waals surface area contributed by atoms with Crippen molar-refractivity contribution in [1.29, 1.82) is 0 Å². The minimum atomic E-state index is -1.12. The molecule has 4 nitrogen and oxygen atoms in total. The average molecular weight is 271 g/mol. The van der Waals surface area contributed by atoms with Gasteiger partial charge in [-0.25, -0.2) is 8.78 Å². The Morgan fingerprint density at radius 1 is 1.37 bits per heavy atom. The van der Waals surface area contributed by atoms with E-state index < -0.39 is 28.9 Å². The summed E-state index contributed by atoms with van der Waals surface area (Å²) >= 11 is 0. The van der Waals surface area contributed by atoms with Crippen molar-refractivity contribution in [3.8, 4) is 0 Å². The van der Waals surface area contributed by atoms with Gasteiger partial charge < -0.3 is 10.4 Å². The number of amides is 1. The zero-order valence-corrected chi connectivity index (χ0v) is 10.7. The number of aliphatic carboxylic acids is 1. The van der Waals surface area contributed by atoms with Crippen LogP contribution in [-0.4, -0.2) is 23.5 Å². The number of carbonyl (C=O) groups excluding carboxylic acids is 1. The summed E-state index contributed by atoms with van der Waals surface area (Å²) in [4.78, 5) is 22.7. The van der Waals surface area contributed by atoms with Crippen LogP contribution in [0.4, 0.5) is 8.78 Å². The fraction of sp³-hybridized carbons (Fsp3) is 0.385. The second-order valence-corrected chi connectivity index (χ2v) is 4.53. The van der Waals surface area contributed by atoms with Gasteiger partial charge in [0, 0.05) is 12.6 Å². The van der Waals surface area contributed by atoms with E-state index in [9.17, 15) is 18.4 Å². The first-order valence-electron chi connectivity index (χ1n) is 5.77. The lowest BCUT2D eigenvalue weighted by molar-refractivity contribution is -0.147. The highest BCUT2D eigenvalue weighted by atomic mass is 19.1. The first-order chi connectivity index (χ1) is 8.80. The Balaban J connectivity index is 2.78. The largest absolute Gasteiger partial charge is 0.481 e. The molecule has 0 aliphatic carbocycles. The van der Waals surface area contributed by atoms with E-state index in [-0.39, 0.29) is 12.1 Å². The lowest BCUT2D eigenvalue weighted by atomic mass is 9.87. The van der Waals surface area contributed by atoms with Crippen LogP contribution in [0.2, 0.25) is 0 Å². The molecule has 0 bridgehead atoms. The maximum absolute atomic E-state index is 13.3. The molecule has 19 heavy (non-hydrogen) atoms. The van der Waals surface area contributed by atoms with Gasteiger partial charge in [-0.1, -0.05) is 6.92 Å². The van der Waals surface area contributed by atoms with E-state index in [0.29, 0.717) is 12.5 Å². The van der Waals surface area contributed by atoms with Crippen molar-refractivity contribution in [2.75, 3.05) is 6.54 Å². The normalized spacial score (nSPS) is 13.7. The molecule has 104 valence electrons. The molecular weight excluding hydrogens is 256 g/mol. The molecule has 0 fully saturated rings. The van der Waals surface area contributed by atoms with Crippen molar-refractivity contribution in [3.05, 3.63) is 35.4 Å². The molecule has 1 aromatic rings.